The molecule has 2 aromatic carbocycles. The van der Waals surface area contributed by atoms with E-state index in [0.29, 0.717) is 0 Å². The molecule has 0 aromatic heterocycles. The minimum atomic E-state index is -4.53. The third-order valence-corrected chi connectivity index (χ3v) is 3.74. The largest absolute Gasteiger partial charge is 0.465 e. The summed E-state index contributed by atoms with van der Waals surface area (Å²) in [4.78, 5) is 35.8. The highest BCUT2D eigenvalue weighted by atomic mass is 19.4. The number of rotatable bonds is 5. The predicted molar refractivity (Wildman–Crippen MR) is 92.9 cm³/mol. The molecule has 0 aliphatic carbocycles. The highest BCUT2D eigenvalue weighted by Gasteiger charge is 2.30. The van der Waals surface area contributed by atoms with Gasteiger partial charge in [-0.2, -0.15) is 13.2 Å². The second-order valence-corrected chi connectivity index (χ2v) is 5.67. The fourth-order valence-corrected chi connectivity index (χ4v) is 2.42. The number of ether oxygens (including phenoxy) is 2. The fraction of sp³-hybridized carbons (Fsp3) is 0.211. The maximum atomic E-state index is 12.8. The van der Waals surface area contributed by atoms with Crippen LogP contribution in [-0.2, 0) is 26.9 Å². The molecule has 9 heteroatoms. The van der Waals surface area contributed by atoms with Crippen molar-refractivity contribution in [2.24, 2.45) is 0 Å². The van der Waals surface area contributed by atoms with Crippen molar-refractivity contribution < 1.29 is 37.0 Å². The average molecular weight is 395 g/mol. The van der Waals surface area contributed by atoms with E-state index in [1.165, 1.54) is 37.4 Å². The van der Waals surface area contributed by atoms with Gasteiger partial charge >= 0.3 is 18.1 Å². The summed E-state index contributed by atoms with van der Waals surface area (Å²) >= 11 is 0. The van der Waals surface area contributed by atoms with Gasteiger partial charge in [0.25, 0.3) is 0 Å². The van der Waals surface area contributed by atoms with Crippen LogP contribution >= 0.6 is 0 Å². The Morgan fingerprint density at radius 2 is 1.64 bits per heavy atom. The van der Waals surface area contributed by atoms with Gasteiger partial charge in [0.05, 0.1) is 43.0 Å². The van der Waals surface area contributed by atoms with Crippen molar-refractivity contribution >= 4 is 23.5 Å². The van der Waals surface area contributed by atoms with Crippen LogP contribution in [0.15, 0.2) is 42.5 Å². The van der Waals surface area contributed by atoms with Crippen LogP contribution in [0.25, 0.3) is 0 Å². The first-order valence-corrected chi connectivity index (χ1v) is 7.92. The van der Waals surface area contributed by atoms with E-state index in [2.05, 4.69) is 14.8 Å². The van der Waals surface area contributed by atoms with Crippen LogP contribution < -0.4 is 5.32 Å². The second-order valence-electron chi connectivity index (χ2n) is 5.67. The number of nitrogens with one attached hydrogen (secondary N) is 1. The molecule has 0 heterocycles. The Morgan fingerprint density at radius 1 is 0.964 bits per heavy atom. The molecule has 28 heavy (non-hydrogen) atoms. The maximum Gasteiger partial charge on any atom is 0.416 e. The van der Waals surface area contributed by atoms with Crippen LogP contribution in [0.3, 0.4) is 0 Å². The van der Waals surface area contributed by atoms with E-state index < -0.39 is 29.6 Å². The van der Waals surface area contributed by atoms with E-state index in [1.807, 2.05) is 0 Å². The third kappa shape index (κ3) is 5.09. The fourth-order valence-electron chi connectivity index (χ4n) is 2.42. The molecule has 1 N–H and O–H groups in total. The number of esters is 2. The molecule has 6 nitrogen and oxygen atoms in total. The van der Waals surface area contributed by atoms with Gasteiger partial charge in [-0.1, -0.05) is 18.2 Å². The summed E-state index contributed by atoms with van der Waals surface area (Å²) in [6.45, 7) is 0. The Labute approximate surface area is 158 Å². The Hall–Kier alpha value is -3.36. The van der Waals surface area contributed by atoms with Gasteiger partial charge in [0, 0.05) is 0 Å². The molecular formula is C19H16F3NO5. The molecule has 0 spiro atoms. The molecule has 0 saturated heterocycles. The van der Waals surface area contributed by atoms with Crippen LogP contribution in [0.4, 0.5) is 18.9 Å². The Kier molecular flexibility index (Phi) is 6.40. The smallest absolute Gasteiger partial charge is 0.416 e. The highest BCUT2D eigenvalue weighted by molar-refractivity contribution is 6.03. The highest BCUT2D eigenvalue weighted by Crippen LogP contribution is 2.29. The molecule has 0 atom stereocenters. The molecule has 0 fully saturated rings. The van der Waals surface area contributed by atoms with Gasteiger partial charge in [-0.25, -0.2) is 9.59 Å². The van der Waals surface area contributed by atoms with Crippen LogP contribution in [-0.4, -0.2) is 32.1 Å². The zero-order valence-corrected chi connectivity index (χ0v) is 14.9. The summed E-state index contributed by atoms with van der Waals surface area (Å²) in [7, 11) is 2.31. The van der Waals surface area contributed by atoms with Crippen LogP contribution in [0.2, 0.25) is 0 Å². The first kappa shape index (κ1) is 20.9. The zero-order valence-electron chi connectivity index (χ0n) is 14.9. The van der Waals surface area contributed by atoms with Gasteiger partial charge in [0.15, 0.2) is 0 Å². The van der Waals surface area contributed by atoms with Gasteiger partial charge in [-0.05, 0) is 29.8 Å². The molecule has 148 valence electrons. The average Bonchev–Trinajstić information content (AvgIpc) is 2.66. The number of alkyl halides is 3. The number of benzene rings is 2. The topological polar surface area (TPSA) is 81.7 Å². The van der Waals surface area contributed by atoms with Crippen molar-refractivity contribution in [3.8, 4) is 0 Å². The summed E-state index contributed by atoms with van der Waals surface area (Å²) in [6.07, 6.45) is -4.90. The number of carbonyl (C=O) groups is 3. The molecule has 0 aliphatic rings. The van der Waals surface area contributed by atoms with Crippen molar-refractivity contribution in [2.45, 2.75) is 12.6 Å². The van der Waals surface area contributed by atoms with E-state index in [1.54, 1.807) is 0 Å². The number of methoxy groups -OCH3 is 2. The SMILES string of the molecule is COC(=O)c1ccc(C(=O)OC)c(NC(=O)Cc2cccc(C(F)(F)F)c2)c1. The van der Waals surface area contributed by atoms with Gasteiger partial charge < -0.3 is 14.8 Å². The number of hydrogen-bond donors (Lipinski definition) is 1. The van der Waals surface area contributed by atoms with Crippen molar-refractivity contribution in [1.82, 2.24) is 0 Å². The summed E-state index contributed by atoms with van der Waals surface area (Å²) in [6, 6.07) is 8.16. The molecule has 0 radical (unpaired) electrons. The molecule has 0 unspecified atom stereocenters. The minimum absolute atomic E-state index is 0.0208. The molecule has 0 aliphatic heterocycles. The van der Waals surface area contributed by atoms with E-state index >= 15 is 0 Å². The summed E-state index contributed by atoms with van der Waals surface area (Å²) in [5, 5.41) is 2.42. The number of amides is 1. The number of anilines is 1. The van der Waals surface area contributed by atoms with Crippen molar-refractivity contribution in [1.29, 1.82) is 0 Å². The summed E-state index contributed by atoms with van der Waals surface area (Å²) in [5.74, 6) is -2.12. The standard InChI is InChI=1S/C19H16F3NO5/c1-27-17(25)12-6-7-14(18(26)28-2)15(10-12)23-16(24)9-11-4-3-5-13(8-11)19(20,21)22/h3-8,10H,9H2,1-2H3,(H,23,24). The van der Waals surface area contributed by atoms with E-state index in [-0.39, 0.29) is 28.8 Å². The monoisotopic (exact) mass is 395 g/mol. The Balaban J connectivity index is 2.27. The van der Waals surface area contributed by atoms with Crippen LogP contribution in [0.5, 0.6) is 0 Å². The van der Waals surface area contributed by atoms with Crippen molar-refractivity contribution in [3.05, 3.63) is 64.7 Å². The molecule has 2 aromatic rings. The van der Waals surface area contributed by atoms with Gasteiger partial charge in [0.2, 0.25) is 5.91 Å². The van der Waals surface area contributed by atoms with Crippen molar-refractivity contribution in [2.75, 3.05) is 19.5 Å². The van der Waals surface area contributed by atoms with Gasteiger partial charge in [-0.3, -0.25) is 4.79 Å². The quantitative estimate of drug-likeness (QED) is 0.785. The van der Waals surface area contributed by atoms with Crippen LogP contribution in [0.1, 0.15) is 31.8 Å². The number of halogens is 3. The normalized spacial score (nSPS) is 10.9. The van der Waals surface area contributed by atoms with E-state index in [0.717, 1.165) is 19.2 Å². The zero-order chi connectivity index (χ0) is 20.9. The first-order chi connectivity index (χ1) is 13.2. The molecule has 1 amide bonds. The predicted octanol–water partition coefficient (Wildman–Crippen LogP) is 3.46. The Morgan fingerprint density at radius 3 is 2.25 bits per heavy atom. The lowest BCUT2D eigenvalue weighted by Crippen LogP contribution is -2.18. The number of carbonyl (C=O) groups excluding carboxylic acids is 3. The third-order valence-electron chi connectivity index (χ3n) is 3.74. The van der Waals surface area contributed by atoms with Crippen molar-refractivity contribution in [3.63, 3.8) is 0 Å². The van der Waals surface area contributed by atoms with E-state index in [4.69, 9.17) is 0 Å². The lowest BCUT2D eigenvalue weighted by Gasteiger charge is -2.12. The van der Waals surface area contributed by atoms with E-state index in [9.17, 15) is 27.6 Å². The van der Waals surface area contributed by atoms with Crippen LogP contribution in [0, 0.1) is 0 Å². The maximum absolute atomic E-state index is 12.8. The minimum Gasteiger partial charge on any atom is -0.465 e. The molecule has 2 rings (SSSR count). The van der Waals surface area contributed by atoms with Gasteiger partial charge in [-0.15, -0.1) is 0 Å². The van der Waals surface area contributed by atoms with Gasteiger partial charge in [0.1, 0.15) is 0 Å². The molecular weight excluding hydrogens is 379 g/mol. The lowest BCUT2D eigenvalue weighted by atomic mass is 10.1. The molecule has 0 saturated carbocycles. The number of hydrogen-bond acceptors (Lipinski definition) is 5. The first-order valence-electron chi connectivity index (χ1n) is 7.92. The Bertz CT molecular complexity index is 909. The molecule has 0 bridgehead atoms. The summed E-state index contributed by atoms with van der Waals surface area (Å²) < 4.78 is 47.6. The summed E-state index contributed by atoms with van der Waals surface area (Å²) in [5.41, 5.74) is -0.708. The second kappa shape index (κ2) is 8.55. The lowest BCUT2D eigenvalue weighted by molar-refractivity contribution is -0.137.